The molecule has 0 bridgehead atoms. The van der Waals surface area contributed by atoms with Crippen LogP contribution in [0.4, 0.5) is 5.82 Å². The second-order valence-corrected chi connectivity index (χ2v) is 7.23. The molecule has 0 saturated carbocycles. The fourth-order valence-corrected chi connectivity index (χ4v) is 4.21. The molecule has 3 heterocycles. The minimum Gasteiger partial charge on any atom is -0.369 e. The first kappa shape index (κ1) is 15.3. The zero-order valence-electron chi connectivity index (χ0n) is 13.1. The van der Waals surface area contributed by atoms with Crippen molar-refractivity contribution in [1.82, 2.24) is 14.7 Å². The summed E-state index contributed by atoms with van der Waals surface area (Å²) in [5, 5.41) is 9.69. The molecule has 2 aromatic rings. The van der Waals surface area contributed by atoms with E-state index in [1.54, 1.807) is 6.07 Å². The van der Waals surface area contributed by atoms with E-state index >= 15 is 0 Å². The van der Waals surface area contributed by atoms with Gasteiger partial charge in [0.15, 0.2) is 0 Å². The van der Waals surface area contributed by atoms with E-state index in [2.05, 4.69) is 17.3 Å². The molecule has 0 amide bonds. The van der Waals surface area contributed by atoms with Gasteiger partial charge in [-0.05, 0) is 51.1 Å². The number of aromatic nitrogens is 2. The van der Waals surface area contributed by atoms with Gasteiger partial charge in [0.25, 0.3) is 0 Å². The molecule has 1 saturated heterocycles. The second kappa shape index (κ2) is 6.00. The summed E-state index contributed by atoms with van der Waals surface area (Å²) >= 11 is 12.4. The Morgan fingerprint density at radius 2 is 2.13 bits per heavy atom. The zero-order chi connectivity index (χ0) is 16.0. The van der Waals surface area contributed by atoms with Crippen LogP contribution in [0.15, 0.2) is 18.2 Å². The van der Waals surface area contributed by atoms with E-state index in [0.29, 0.717) is 16.1 Å². The summed E-state index contributed by atoms with van der Waals surface area (Å²) in [7, 11) is 2.20. The number of rotatable bonds is 2. The first-order chi connectivity index (χ1) is 11.1. The molecule has 1 atom stereocenters. The van der Waals surface area contributed by atoms with Gasteiger partial charge >= 0.3 is 0 Å². The maximum Gasteiger partial charge on any atom is 0.133 e. The predicted octanol–water partition coefficient (Wildman–Crippen LogP) is 4.30. The van der Waals surface area contributed by atoms with Gasteiger partial charge in [-0.25, -0.2) is 4.68 Å². The standard InChI is InChI=1S/C17H20Cl2N4/c1-22-9-3-2-4-15(22)16-12-7-8-20-17(12)23(21-16)14-6-5-11(18)10-13(14)19/h5-6,10,15,20H,2-4,7-9H2,1H3. The summed E-state index contributed by atoms with van der Waals surface area (Å²) in [6, 6.07) is 5.97. The molecule has 0 radical (unpaired) electrons. The molecule has 2 aliphatic rings. The van der Waals surface area contributed by atoms with E-state index in [0.717, 1.165) is 31.0 Å². The van der Waals surface area contributed by atoms with Crippen LogP contribution < -0.4 is 5.32 Å². The number of nitrogens with zero attached hydrogens (tertiary/aromatic N) is 3. The Labute approximate surface area is 146 Å². The molecular weight excluding hydrogens is 331 g/mol. The highest BCUT2D eigenvalue weighted by Crippen LogP contribution is 2.38. The summed E-state index contributed by atoms with van der Waals surface area (Å²) in [6.07, 6.45) is 4.75. The van der Waals surface area contributed by atoms with Crippen molar-refractivity contribution in [1.29, 1.82) is 0 Å². The summed E-state index contributed by atoms with van der Waals surface area (Å²) < 4.78 is 1.96. The molecule has 0 spiro atoms. The van der Waals surface area contributed by atoms with Gasteiger partial charge in [-0.2, -0.15) is 5.10 Å². The number of halogens is 2. The molecule has 122 valence electrons. The Kier molecular flexibility index (Phi) is 4.00. The van der Waals surface area contributed by atoms with Crippen molar-refractivity contribution in [3.05, 3.63) is 39.5 Å². The number of nitrogens with one attached hydrogen (secondary N) is 1. The van der Waals surface area contributed by atoms with Gasteiger partial charge < -0.3 is 5.32 Å². The molecule has 0 aliphatic carbocycles. The van der Waals surface area contributed by atoms with Crippen LogP contribution in [-0.2, 0) is 6.42 Å². The molecule has 1 aromatic heterocycles. The van der Waals surface area contributed by atoms with Crippen molar-refractivity contribution < 1.29 is 0 Å². The molecule has 2 aliphatic heterocycles. The third-order valence-corrected chi connectivity index (χ3v) is 5.44. The van der Waals surface area contributed by atoms with Crippen molar-refractivity contribution in [2.24, 2.45) is 0 Å². The van der Waals surface area contributed by atoms with Gasteiger partial charge in [-0.15, -0.1) is 0 Å². The first-order valence-electron chi connectivity index (χ1n) is 8.16. The van der Waals surface area contributed by atoms with Gasteiger partial charge in [-0.3, -0.25) is 4.90 Å². The van der Waals surface area contributed by atoms with E-state index in [4.69, 9.17) is 28.3 Å². The van der Waals surface area contributed by atoms with Crippen LogP contribution in [0.25, 0.3) is 5.69 Å². The monoisotopic (exact) mass is 350 g/mol. The lowest BCUT2D eigenvalue weighted by molar-refractivity contribution is 0.182. The zero-order valence-corrected chi connectivity index (χ0v) is 14.7. The van der Waals surface area contributed by atoms with Crippen molar-refractivity contribution in [2.45, 2.75) is 31.7 Å². The van der Waals surface area contributed by atoms with Crippen LogP contribution in [0.3, 0.4) is 0 Å². The molecule has 6 heteroatoms. The topological polar surface area (TPSA) is 33.1 Å². The van der Waals surface area contributed by atoms with Crippen LogP contribution in [0.1, 0.15) is 36.6 Å². The molecule has 1 unspecified atom stereocenters. The quantitative estimate of drug-likeness (QED) is 0.876. The van der Waals surface area contributed by atoms with Crippen molar-refractivity contribution >= 4 is 29.0 Å². The number of anilines is 1. The van der Waals surface area contributed by atoms with Crippen LogP contribution in [0.5, 0.6) is 0 Å². The van der Waals surface area contributed by atoms with Crippen LogP contribution in [0.2, 0.25) is 10.0 Å². The van der Waals surface area contributed by atoms with E-state index in [1.165, 1.54) is 30.5 Å². The van der Waals surface area contributed by atoms with Gasteiger partial charge in [0, 0.05) is 17.1 Å². The Balaban J connectivity index is 1.81. The van der Waals surface area contributed by atoms with E-state index in [1.807, 2.05) is 16.8 Å². The Morgan fingerprint density at radius 3 is 2.91 bits per heavy atom. The average molecular weight is 351 g/mol. The SMILES string of the molecule is CN1CCCCC1c1nn(-c2ccc(Cl)cc2Cl)c2c1CCN2. The third-order valence-electron chi connectivity index (χ3n) is 4.91. The minimum absolute atomic E-state index is 0.407. The Bertz CT molecular complexity index is 740. The van der Waals surface area contributed by atoms with Crippen molar-refractivity contribution in [3.63, 3.8) is 0 Å². The minimum atomic E-state index is 0.407. The highest BCUT2D eigenvalue weighted by Gasteiger charge is 2.31. The first-order valence-corrected chi connectivity index (χ1v) is 8.92. The number of fused-ring (bicyclic) bond motifs is 1. The molecule has 4 nitrogen and oxygen atoms in total. The third kappa shape index (κ3) is 2.63. The lowest BCUT2D eigenvalue weighted by atomic mass is 9.97. The average Bonchev–Trinajstić information content (AvgIpc) is 3.11. The lowest BCUT2D eigenvalue weighted by Crippen LogP contribution is -2.30. The lowest BCUT2D eigenvalue weighted by Gasteiger charge is -2.31. The van der Waals surface area contributed by atoms with Gasteiger partial charge in [-0.1, -0.05) is 29.6 Å². The fraction of sp³-hybridized carbons (Fsp3) is 0.471. The van der Waals surface area contributed by atoms with Crippen molar-refractivity contribution in [2.75, 3.05) is 25.5 Å². The molecule has 1 N–H and O–H groups in total. The number of hydrogen-bond donors (Lipinski definition) is 1. The van der Waals surface area contributed by atoms with E-state index in [9.17, 15) is 0 Å². The van der Waals surface area contributed by atoms with Crippen LogP contribution in [-0.4, -0.2) is 34.8 Å². The molecular formula is C17H20Cl2N4. The summed E-state index contributed by atoms with van der Waals surface area (Å²) in [4.78, 5) is 2.43. The molecule has 1 aromatic carbocycles. The van der Waals surface area contributed by atoms with Crippen LogP contribution >= 0.6 is 23.2 Å². The second-order valence-electron chi connectivity index (χ2n) is 6.39. The highest BCUT2D eigenvalue weighted by molar-refractivity contribution is 6.35. The largest absolute Gasteiger partial charge is 0.369 e. The Hall–Kier alpha value is -1.23. The van der Waals surface area contributed by atoms with Gasteiger partial charge in [0.2, 0.25) is 0 Å². The number of likely N-dealkylation sites (tertiary alicyclic amines) is 1. The smallest absolute Gasteiger partial charge is 0.133 e. The van der Waals surface area contributed by atoms with Gasteiger partial charge in [0.1, 0.15) is 5.82 Å². The predicted molar refractivity (Wildman–Crippen MR) is 95.0 cm³/mol. The maximum absolute atomic E-state index is 6.41. The highest BCUT2D eigenvalue weighted by atomic mass is 35.5. The van der Waals surface area contributed by atoms with E-state index < -0.39 is 0 Å². The normalized spacial score (nSPS) is 21.3. The molecule has 1 fully saturated rings. The summed E-state index contributed by atoms with van der Waals surface area (Å²) in [5.41, 5.74) is 3.43. The number of hydrogen-bond acceptors (Lipinski definition) is 3. The number of piperidine rings is 1. The van der Waals surface area contributed by atoms with Crippen LogP contribution in [0, 0.1) is 0 Å². The fourth-order valence-electron chi connectivity index (χ4n) is 3.72. The van der Waals surface area contributed by atoms with E-state index in [-0.39, 0.29) is 0 Å². The maximum atomic E-state index is 6.41. The Morgan fingerprint density at radius 1 is 1.26 bits per heavy atom. The summed E-state index contributed by atoms with van der Waals surface area (Å²) in [5.74, 6) is 1.09. The molecule has 23 heavy (non-hydrogen) atoms. The summed E-state index contributed by atoms with van der Waals surface area (Å²) in [6.45, 7) is 2.10. The van der Waals surface area contributed by atoms with Gasteiger partial charge in [0.05, 0.1) is 22.4 Å². The number of benzene rings is 1. The van der Waals surface area contributed by atoms with Crippen molar-refractivity contribution in [3.8, 4) is 5.69 Å². The molecule has 4 rings (SSSR count).